The largest absolute Gasteiger partial charge is 0.383 e. The number of pyridine rings is 2. The van der Waals surface area contributed by atoms with Crippen LogP contribution < -0.4 is 16.2 Å². The number of fused-ring (bicyclic) bond motifs is 1. The van der Waals surface area contributed by atoms with Gasteiger partial charge in [0.25, 0.3) is 6.43 Å². The van der Waals surface area contributed by atoms with Crippen molar-refractivity contribution in [1.82, 2.24) is 24.5 Å². The van der Waals surface area contributed by atoms with Gasteiger partial charge in [-0.3, -0.25) is 9.78 Å². The molecule has 1 fully saturated rings. The highest BCUT2D eigenvalue weighted by Crippen LogP contribution is 2.48. The van der Waals surface area contributed by atoms with Crippen LogP contribution in [0, 0.1) is 23.7 Å². The molecule has 1 aromatic carbocycles. The van der Waals surface area contributed by atoms with Crippen LogP contribution in [0.25, 0.3) is 10.9 Å². The molecule has 3 aromatic heterocycles. The third kappa shape index (κ3) is 5.36. The molecule has 4 aromatic rings. The van der Waals surface area contributed by atoms with Crippen LogP contribution >= 0.6 is 11.6 Å². The Kier molecular flexibility index (Phi) is 7.24. The summed E-state index contributed by atoms with van der Waals surface area (Å²) >= 11 is 6.71. The van der Waals surface area contributed by atoms with Crippen LogP contribution in [0.1, 0.15) is 62.2 Å². The highest BCUT2D eigenvalue weighted by molar-refractivity contribution is 6.35. The summed E-state index contributed by atoms with van der Waals surface area (Å²) in [7, 11) is 1.67. The summed E-state index contributed by atoms with van der Waals surface area (Å²) in [5.41, 5.74) is 2.33. The van der Waals surface area contributed by atoms with Crippen LogP contribution in [0.4, 0.5) is 20.2 Å². The minimum absolute atomic E-state index is 0.0587. The van der Waals surface area contributed by atoms with Crippen LogP contribution in [0.15, 0.2) is 41.5 Å². The molecule has 0 unspecified atom stereocenters. The molecule has 0 amide bonds. The van der Waals surface area contributed by atoms with Crippen LogP contribution in [-0.2, 0) is 12.6 Å². The van der Waals surface area contributed by atoms with Gasteiger partial charge in [0.15, 0.2) is 0 Å². The molecule has 214 valence electrons. The Morgan fingerprint density at radius 2 is 1.98 bits per heavy atom. The van der Waals surface area contributed by atoms with E-state index in [0.29, 0.717) is 69.2 Å². The number of alkyl halides is 2. The van der Waals surface area contributed by atoms with E-state index in [0.717, 1.165) is 0 Å². The number of benzene rings is 1. The number of rotatable bonds is 8. The number of nitrogens with zero attached hydrogens (tertiary/aromatic N) is 6. The average molecular weight is 581 g/mol. The summed E-state index contributed by atoms with van der Waals surface area (Å²) in [6.45, 7) is 8.67. The van der Waals surface area contributed by atoms with Gasteiger partial charge in [0, 0.05) is 42.6 Å². The lowest BCUT2D eigenvalue weighted by atomic mass is 9.96. The maximum Gasteiger partial charge on any atom is 0.263 e. The van der Waals surface area contributed by atoms with E-state index in [9.17, 15) is 18.8 Å². The molecule has 41 heavy (non-hydrogen) atoms. The number of hydrogen-bond donors (Lipinski definition) is 2. The fourth-order valence-electron chi connectivity index (χ4n) is 4.81. The Labute approximate surface area is 241 Å². The quantitative estimate of drug-likeness (QED) is 0.272. The number of hydrogen-bond acceptors (Lipinski definition) is 7. The van der Waals surface area contributed by atoms with Gasteiger partial charge in [-0.05, 0) is 48.9 Å². The fraction of sp³-hybridized carbons (Fsp3) is 0.414. The monoisotopic (exact) mass is 580 g/mol. The Morgan fingerprint density at radius 3 is 2.61 bits per heavy atom. The molecule has 1 aliphatic rings. The first kappa shape index (κ1) is 28.5. The number of halogens is 3. The second-order valence-electron chi connectivity index (χ2n) is 11.8. The topological polar surface area (TPSA) is 113 Å². The van der Waals surface area contributed by atoms with E-state index < -0.39 is 18.0 Å². The van der Waals surface area contributed by atoms with E-state index in [1.165, 1.54) is 27.7 Å². The van der Waals surface area contributed by atoms with E-state index in [4.69, 9.17) is 11.6 Å². The predicted molar refractivity (Wildman–Crippen MR) is 155 cm³/mol. The van der Waals surface area contributed by atoms with Crippen LogP contribution in [0.3, 0.4) is 0 Å². The lowest BCUT2D eigenvalue weighted by Crippen LogP contribution is -2.26. The van der Waals surface area contributed by atoms with Gasteiger partial charge in [-0.2, -0.15) is 5.26 Å². The van der Waals surface area contributed by atoms with Crippen molar-refractivity contribution in [3.05, 3.63) is 74.6 Å². The van der Waals surface area contributed by atoms with Crippen molar-refractivity contribution in [2.45, 2.75) is 58.5 Å². The Morgan fingerprint density at radius 1 is 1.24 bits per heavy atom. The van der Waals surface area contributed by atoms with E-state index in [-0.39, 0.29) is 11.0 Å². The highest BCUT2D eigenvalue weighted by atomic mass is 35.5. The molecule has 0 bridgehead atoms. The molecular weight excluding hydrogens is 550 g/mol. The standard InChI is InChI=1S/C29H31ClF2N8O/c1-16-19(6-7-23(41)39(16)5)26(22-14-40(38-37-22)29(8-9-29)27(31)32)36-18-10-20-24(35-15-28(2,3)4)17(12-33)13-34-25(20)21(30)11-18/h6-7,10-11,13-14,26-27,36H,8-9,15H2,1-5H3,(H,34,35)/t26-/m0/s1. The van der Waals surface area contributed by atoms with Crippen LogP contribution in [-0.4, -0.2) is 37.5 Å². The van der Waals surface area contributed by atoms with Crippen molar-refractivity contribution in [2.75, 3.05) is 17.2 Å². The van der Waals surface area contributed by atoms with Gasteiger partial charge in [-0.15, -0.1) is 5.10 Å². The van der Waals surface area contributed by atoms with E-state index in [1.54, 1.807) is 19.2 Å². The molecule has 3 heterocycles. The maximum absolute atomic E-state index is 13.8. The molecule has 1 saturated carbocycles. The van der Waals surface area contributed by atoms with Gasteiger partial charge >= 0.3 is 0 Å². The zero-order valence-corrected chi connectivity index (χ0v) is 24.2. The maximum atomic E-state index is 13.8. The molecule has 2 N–H and O–H groups in total. The van der Waals surface area contributed by atoms with Crippen LogP contribution in [0.2, 0.25) is 5.02 Å². The van der Waals surface area contributed by atoms with Crippen molar-refractivity contribution >= 4 is 33.9 Å². The fourth-order valence-corrected chi connectivity index (χ4v) is 5.08. The summed E-state index contributed by atoms with van der Waals surface area (Å²) in [6, 6.07) is 8.25. The Hall–Kier alpha value is -4.04. The first-order chi connectivity index (χ1) is 19.3. The second-order valence-corrected chi connectivity index (χ2v) is 12.2. The SMILES string of the molecule is Cc1c([C@H](Nc2cc(Cl)c3ncc(C#N)c(NCC(C)(C)C)c3c2)c2cn(C3(C(F)F)CC3)nn2)ccc(=O)n1C. The van der Waals surface area contributed by atoms with Crippen molar-refractivity contribution in [1.29, 1.82) is 5.26 Å². The molecule has 12 heteroatoms. The minimum atomic E-state index is -2.57. The summed E-state index contributed by atoms with van der Waals surface area (Å²) in [4.78, 5) is 16.7. The normalized spacial score (nSPS) is 15.1. The molecule has 0 saturated heterocycles. The van der Waals surface area contributed by atoms with Gasteiger partial charge in [0.2, 0.25) is 5.56 Å². The predicted octanol–water partition coefficient (Wildman–Crippen LogP) is 5.77. The lowest BCUT2D eigenvalue weighted by Gasteiger charge is -2.23. The van der Waals surface area contributed by atoms with Crippen molar-refractivity contribution in [3.8, 4) is 6.07 Å². The minimum Gasteiger partial charge on any atom is -0.383 e. The summed E-state index contributed by atoms with van der Waals surface area (Å²) < 4.78 is 30.4. The van der Waals surface area contributed by atoms with Crippen molar-refractivity contribution < 1.29 is 8.78 Å². The van der Waals surface area contributed by atoms with Crippen LogP contribution in [0.5, 0.6) is 0 Å². The molecule has 0 radical (unpaired) electrons. The second kappa shape index (κ2) is 10.4. The van der Waals surface area contributed by atoms with Gasteiger partial charge in [-0.1, -0.05) is 37.6 Å². The lowest BCUT2D eigenvalue weighted by molar-refractivity contribution is 0.0593. The molecule has 1 aliphatic carbocycles. The summed E-state index contributed by atoms with van der Waals surface area (Å²) in [5.74, 6) is 0. The van der Waals surface area contributed by atoms with E-state index in [1.807, 2.05) is 13.0 Å². The number of nitriles is 1. The van der Waals surface area contributed by atoms with Crippen molar-refractivity contribution in [2.24, 2.45) is 12.5 Å². The molecule has 0 aliphatic heterocycles. The first-order valence-corrected chi connectivity index (χ1v) is 13.6. The van der Waals surface area contributed by atoms with E-state index >= 15 is 0 Å². The third-order valence-corrected chi connectivity index (χ3v) is 7.84. The molecular formula is C29H31ClF2N8O. The van der Waals surface area contributed by atoms with Gasteiger partial charge in [-0.25, -0.2) is 13.5 Å². The molecule has 1 atom stereocenters. The average Bonchev–Trinajstić information content (AvgIpc) is 3.59. The number of anilines is 2. The summed E-state index contributed by atoms with van der Waals surface area (Å²) in [6.07, 6.45) is 1.11. The van der Waals surface area contributed by atoms with Crippen molar-refractivity contribution in [3.63, 3.8) is 0 Å². The number of aromatic nitrogens is 5. The Balaban J connectivity index is 1.63. The van der Waals surface area contributed by atoms with Gasteiger partial charge in [0.1, 0.15) is 17.3 Å². The Bertz CT molecular complexity index is 1730. The molecule has 0 spiro atoms. The first-order valence-electron chi connectivity index (χ1n) is 13.2. The molecule has 9 nitrogen and oxygen atoms in total. The zero-order chi connectivity index (χ0) is 29.7. The highest BCUT2D eigenvalue weighted by Gasteiger charge is 2.54. The van der Waals surface area contributed by atoms with Gasteiger partial charge < -0.3 is 15.2 Å². The van der Waals surface area contributed by atoms with E-state index in [2.05, 4.69) is 52.8 Å². The molecule has 5 rings (SSSR count). The zero-order valence-electron chi connectivity index (χ0n) is 23.5. The summed E-state index contributed by atoms with van der Waals surface area (Å²) in [5, 5.41) is 26.0. The van der Waals surface area contributed by atoms with Gasteiger partial charge in [0.05, 0.1) is 34.0 Å². The number of nitrogens with one attached hydrogen (secondary N) is 2. The smallest absolute Gasteiger partial charge is 0.263 e. The third-order valence-electron chi connectivity index (χ3n) is 7.55.